The van der Waals surface area contributed by atoms with Crippen LogP contribution in [0.1, 0.15) is 0 Å². The number of benzene rings is 2. The molecular weight excluding hydrogens is 276 g/mol. The van der Waals surface area contributed by atoms with Gasteiger partial charge in [-0.15, -0.1) is 0 Å². The Bertz CT molecular complexity index is 896. The van der Waals surface area contributed by atoms with Gasteiger partial charge >= 0.3 is 0 Å². The Balaban J connectivity index is 1.92. The van der Waals surface area contributed by atoms with Crippen molar-refractivity contribution >= 4 is 21.9 Å². The molecule has 6 heteroatoms. The second kappa shape index (κ2) is 3.60. The molecule has 104 valence electrons. The Morgan fingerprint density at radius 2 is 1.10 bits per heavy atom. The van der Waals surface area contributed by atoms with Gasteiger partial charge in [0.25, 0.3) is 0 Å². The van der Waals surface area contributed by atoms with Crippen LogP contribution in [0.5, 0.6) is 23.0 Å². The first-order valence-corrected chi connectivity index (χ1v) is 6.39. The Kier molecular flexibility index (Phi) is 1.86. The fourth-order valence-corrected chi connectivity index (χ4v) is 2.63. The van der Waals surface area contributed by atoms with E-state index in [0.717, 1.165) is 0 Å². The SMILES string of the molecule is O=c1c2cc3c(cc2oc2cc4c(cc12)OCO4)OCO3. The molecule has 0 amide bonds. The molecule has 0 bridgehead atoms. The number of rotatable bonds is 0. The van der Waals surface area contributed by atoms with Crippen LogP contribution in [-0.2, 0) is 0 Å². The molecule has 0 radical (unpaired) electrons. The second-order valence-corrected chi connectivity index (χ2v) is 4.83. The highest BCUT2D eigenvalue weighted by Crippen LogP contribution is 2.39. The van der Waals surface area contributed by atoms with Crippen LogP contribution in [0.15, 0.2) is 33.5 Å². The summed E-state index contributed by atoms with van der Waals surface area (Å²) in [7, 11) is 0. The Morgan fingerprint density at radius 3 is 1.57 bits per heavy atom. The van der Waals surface area contributed by atoms with Gasteiger partial charge < -0.3 is 23.4 Å². The number of fused-ring (bicyclic) bond motifs is 4. The molecule has 1 aromatic heterocycles. The van der Waals surface area contributed by atoms with Crippen molar-refractivity contribution in [3.63, 3.8) is 0 Å². The van der Waals surface area contributed by atoms with Gasteiger partial charge in [0.2, 0.25) is 19.0 Å². The summed E-state index contributed by atoms with van der Waals surface area (Å²) in [5.74, 6) is 2.25. The Hall–Kier alpha value is -2.89. The third-order valence-electron chi connectivity index (χ3n) is 3.66. The van der Waals surface area contributed by atoms with Gasteiger partial charge in [0.05, 0.1) is 10.8 Å². The fraction of sp³-hybridized carbons (Fsp3) is 0.133. The molecule has 2 aliphatic heterocycles. The molecule has 6 nitrogen and oxygen atoms in total. The van der Waals surface area contributed by atoms with E-state index < -0.39 is 0 Å². The largest absolute Gasteiger partial charge is 0.456 e. The van der Waals surface area contributed by atoms with Crippen molar-refractivity contribution in [1.82, 2.24) is 0 Å². The van der Waals surface area contributed by atoms with Gasteiger partial charge in [-0.05, 0) is 12.1 Å². The number of hydrogen-bond acceptors (Lipinski definition) is 6. The molecule has 3 aromatic rings. The van der Waals surface area contributed by atoms with E-state index in [1.54, 1.807) is 24.3 Å². The predicted octanol–water partition coefficient (Wildman–Crippen LogP) is 2.40. The molecule has 5 rings (SSSR count). The molecule has 0 fully saturated rings. The summed E-state index contributed by atoms with van der Waals surface area (Å²) in [5, 5.41) is 0.899. The van der Waals surface area contributed by atoms with Gasteiger partial charge in [0, 0.05) is 12.1 Å². The van der Waals surface area contributed by atoms with Gasteiger partial charge in [-0.25, -0.2) is 0 Å². The lowest BCUT2D eigenvalue weighted by atomic mass is 10.1. The first-order valence-electron chi connectivity index (χ1n) is 6.39. The van der Waals surface area contributed by atoms with E-state index in [0.29, 0.717) is 44.9 Å². The average molecular weight is 284 g/mol. The lowest BCUT2D eigenvalue weighted by Crippen LogP contribution is -2.02. The van der Waals surface area contributed by atoms with E-state index >= 15 is 0 Å². The van der Waals surface area contributed by atoms with Crippen molar-refractivity contribution in [1.29, 1.82) is 0 Å². The molecule has 0 atom stereocenters. The summed E-state index contributed by atoms with van der Waals surface area (Å²) in [6, 6.07) is 6.63. The number of hydrogen-bond donors (Lipinski definition) is 0. The molecule has 0 saturated heterocycles. The zero-order valence-electron chi connectivity index (χ0n) is 10.7. The smallest absolute Gasteiger partial charge is 0.231 e. The maximum absolute atomic E-state index is 12.6. The summed E-state index contributed by atoms with van der Waals surface area (Å²) < 4.78 is 27.0. The highest BCUT2D eigenvalue weighted by atomic mass is 16.7. The third-order valence-corrected chi connectivity index (χ3v) is 3.66. The molecule has 21 heavy (non-hydrogen) atoms. The van der Waals surface area contributed by atoms with Crippen molar-refractivity contribution in [3.05, 3.63) is 34.5 Å². The van der Waals surface area contributed by atoms with Gasteiger partial charge in [-0.2, -0.15) is 0 Å². The Labute approximate surface area is 117 Å². The fourth-order valence-electron chi connectivity index (χ4n) is 2.63. The predicted molar refractivity (Wildman–Crippen MR) is 72.2 cm³/mol. The summed E-state index contributed by atoms with van der Waals surface area (Å²) in [6.45, 7) is 0.296. The van der Waals surface area contributed by atoms with E-state index in [1.165, 1.54) is 0 Å². The van der Waals surface area contributed by atoms with Crippen LogP contribution in [0, 0.1) is 0 Å². The van der Waals surface area contributed by atoms with E-state index in [9.17, 15) is 4.79 Å². The van der Waals surface area contributed by atoms with Crippen LogP contribution in [0.4, 0.5) is 0 Å². The molecule has 2 aromatic carbocycles. The zero-order chi connectivity index (χ0) is 14.0. The van der Waals surface area contributed by atoms with Crippen LogP contribution in [0.2, 0.25) is 0 Å². The molecule has 2 aliphatic rings. The molecule has 0 unspecified atom stereocenters. The molecule has 3 heterocycles. The molecule has 0 aliphatic carbocycles. The maximum Gasteiger partial charge on any atom is 0.231 e. The monoisotopic (exact) mass is 284 g/mol. The van der Waals surface area contributed by atoms with E-state index in [-0.39, 0.29) is 19.0 Å². The first-order chi connectivity index (χ1) is 10.3. The lowest BCUT2D eigenvalue weighted by molar-refractivity contribution is 0.173. The van der Waals surface area contributed by atoms with E-state index in [1.807, 2.05) is 0 Å². The quantitative estimate of drug-likeness (QED) is 0.590. The van der Waals surface area contributed by atoms with Crippen molar-refractivity contribution in [2.75, 3.05) is 13.6 Å². The van der Waals surface area contributed by atoms with Crippen molar-refractivity contribution < 1.29 is 23.4 Å². The van der Waals surface area contributed by atoms with Crippen molar-refractivity contribution in [2.24, 2.45) is 0 Å². The topological polar surface area (TPSA) is 67.1 Å². The minimum absolute atomic E-state index is 0.136. The minimum atomic E-state index is -0.136. The summed E-state index contributed by atoms with van der Waals surface area (Å²) >= 11 is 0. The molecule has 0 N–H and O–H groups in total. The Morgan fingerprint density at radius 1 is 0.667 bits per heavy atom. The van der Waals surface area contributed by atoms with Crippen LogP contribution >= 0.6 is 0 Å². The van der Waals surface area contributed by atoms with Gasteiger partial charge in [0.1, 0.15) is 11.2 Å². The summed E-state index contributed by atoms with van der Waals surface area (Å²) in [4.78, 5) is 12.6. The second-order valence-electron chi connectivity index (χ2n) is 4.83. The maximum atomic E-state index is 12.6. The van der Waals surface area contributed by atoms with Crippen molar-refractivity contribution in [2.45, 2.75) is 0 Å². The summed E-state index contributed by atoms with van der Waals surface area (Å²) in [5.41, 5.74) is 0.772. The minimum Gasteiger partial charge on any atom is -0.456 e. The highest BCUT2D eigenvalue weighted by molar-refractivity contribution is 5.93. The molecule has 0 spiro atoms. The number of ether oxygens (including phenoxy) is 4. The van der Waals surface area contributed by atoms with Gasteiger partial charge in [-0.3, -0.25) is 4.79 Å². The van der Waals surface area contributed by atoms with Crippen LogP contribution < -0.4 is 24.4 Å². The normalized spacial score (nSPS) is 15.0. The van der Waals surface area contributed by atoms with Crippen LogP contribution in [0.25, 0.3) is 21.9 Å². The zero-order valence-corrected chi connectivity index (χ0v) is 10.7. The molecule has 0 saturated carbocycles. The molecular formula is C15H8O6. The first kappa shape index (κ1) is 10.8. The van der Waals surface area contributed by atoms with Crippen molar-refractivity contribution in [3.8, 4) is 23.0 Å². The van der Waals surface area contributed by atoms with E-state index in [2.05, 4.69) is 0 Å². The average Bonchev–Trinajstić information content (AvgIpc) is 3.11. The van der Waals surface area contributed by atoms with Gasteiger partial charge in [0.15, 0.2) is 23.0 Å². The van der Waals surface area contributed by atoms with Crippen LogP contribution in [-0.4, -0.2) is 13.6 Å². The summed E-state index contributed by atoms with van der Waals surface area (Å²) in [6.07, 6.45) is 0. The third kappa shape index (κ3) is 1.38. The van der Waals surface area contributed by atoms with Crippen LogP contribution in [0.3, 0.4) is 0 Å². The highest BCUT2D eigenvalue weighted by Gasteiger charge is 2.21. The van der Waals surface area contributed by atoms with Gasteiger partial charge in [-0.1, -0.05) is 0 Å². The lowest BCUT2D eigenvalue weighted by Gasteiger charge is -2.04. The standard InChI is InChI=1S/C15H8O6/c16-15-7-1-11-13(19-5-17-11)3-9(7)21-10-4-14-12(2-8(10)15)18-6-20-14/h1-4H,5-6H2. The van der Waals surface area contributed by atoms with E-state index in [4.69, 9.17) is 23.4 Å².